The maximum Gasteiger partial charge on any atom is 0.264 e. The van der Waals surface area contributed by atoms with Crippen molar-refractivity contribution in [1.82, 2.24) is 20.5 Å². The largest absolute Gasteiger partial charge is 0.370 e. The van der Waals surface area contributed by atoms with Crippen molar-refractivity contribution in [3.05, 3.63) is 52.9 Å². The number of fused-ring (bicyclic) bond motifs is 1. The lowest BCUT2D eigenvalue weighted by atomic mass is 9.82. The Kier molecular flexibility index (Phi) is 7.64. The minimum Gasteiger partial charge on any atom is -0.370 e. The summed E-state index contributed by atoms with van der Waals surface area (Å²) >= 11 is 1.55. The van der Waals surface area contributed by atoms with E-state index in [1.165, 1.54) is 7.05 Å². The first-order valence-corrected chi connectivity index (χ1v) is 13.8. The number of rotatable bonds is 7. The number of hydrogen-bond acceptors (Lipinski definition) is 7. The molecule has 0 spiro atoms. The first-order chi connectivity index (χ1) is 18.0. The van der Waals surface area contributed by atoms with Gasteiger partial charge in [0.05, 0.1) is 11.7 Å². The van der Waals surface area contributed by atoms with E-state index in [0.29, 0.717) is 32.2 Å². The van der Waals surface area contributed by atoms with E-state index < -0.39 is 18.2 Å². The Balaban J connectivity index is 1.40. The van der Waals surface area contributed by atoms with E-state index in [1.54, 1.807) is 11.3 Å². The Morgan fingerprint density at radius 2 is 1.86 bits per heavy atom. The number of carbonyl (C=O) groups is 3. The van der Waals surface area contributed by atoms with Crippen LogP contribution in [0.4, 0.5) is 0 Å². The van der Waals surface area contributed by atoms with E-state index in [-0.39, 0.29) is 23.7 Å². The molecule has 194 valence electrons. The molecule has 3 N–H and O–H groups in total. The maximum atomic E-state index is 13.9. The SMILES string of the molecule is CN[C@@H](O)C(=O)N[C@H](C(=O)N1CCC[C@H]1c1nc(-c2cccc3ccccc23)cs1)C1CCC(=O)CC1. The molecule has 1 aliphatic heterocycles. The standard InChI is InChI=1S/C28H32N4O4S/c1-29-25(34)26(35)31-24(18-11-13-19(33)14-12-18)28(36)32-15-5-10-23(32)27-30-22(16-37-27)21-9-4-7-17-6-2-3-8-20(17)21/h2-4,6-9,16,18,23-25,29,34H,5,10-15H2,1H3,(H,31,35)/t23-,24-,25-/m0/s1. The van der Waals surface area contributed by atoms with E-state index >= 15 is 0 Å². The van der Waals surface area contributed by atoms with E-state index in [0.717, 1.165) is 39.9 Å². The number of amides is 2. The van der Waals surface area contributed by atoms with Crippen LogP contribution >= 0.6 is 11.3 Å². The number of thiazole rings is 1. The quantitative estimate of drug-likeness (QED) is 0.412. The van der Waals surface area contributed by atoms with Gasteiger partial charge in [-0.15, -0.1) is 11.3 Å². The van der Waals surface area contributed by atoms with Crippen LogP contribution < -0.4 is 10.6 Å². The molecule has 0 unspecified atom stereocenters. The highest BCUT2D eigenvalue weighted by Crippen LogP contribution is 2.38. The first-order valence-electron chi connectivity index (χ1n) is 12.9. The third-order valence-electron chi connectivity index (χ3n) is 7.55. The molecule has 2 amide bonds. The van der Waals surface area contributed by atoms with Gasteiger partial charge in [-0.2, -0.15) is 0 Å². The maximum absolute atomic E-state index is 13.9. The topological polar surface area (TPSA) is 112 Å². The fourth-order valence-electron chi connectivity index (χ4n) is 5.52. The molecule has 1 saturated carbocycles. The van der Waals surface area contributed by atoms with Gasteiger partial charge in [-0.1, -0.05) is 42.5 Å². The summed E-state index contributed by atoms with van der Waals surface area (Å²) in [5.74, 6) is -0.768. The zero-order chi connectivity index (χ0) is 25.9. The third-order valence-corrected chi connectivity index (χ3v) is 8.50. The van der Waals surface area contributed by atoms with Crippen LogP contribution in [0.1, 0.15) is 49.6 Å². The number of benzene rings is 2. The molecule has 37 heavy (non-hydrogen) atoms. The van der Waals surface area contributed by atoms with Crippen molar-refractivity contribution in [2.24, 2.45) is 5.92 Å². The molecule has 0 bridgehead atoms. The second-order valence-corrected chi connectivity index (χ2v) is 10.7. The van der Waals surface area contributed by atoms with Gasteiger partial charge in [-0.25, -0.2) is 4.98 Å². The molecule has 8 nitrogen and oxygen atoms in total. The highest BCUT2D eigenvalue weighted by atomic mass is 32.1. The highest BCUT2D eigenvalue weighted by Gasteiger charge is 2.40. The number of Topliss-reactive ketones (excluding diaryl/α,β-unsaturated/α-hetero) is 1. The average molecular weight is 521 g/mol. The van der Waals surface area contributed by atoms with Crippen LogP contribution in [0.5, 0.6) is 0 Å². The normalized spacial score (nSPS) is 20.2. The molecule has 1 aliphatic carbocycles. The van der Waals surface area contributed by atoms with Gasteiger partial charge in [-0.05, 0) is 49.4 Å². The van der Waals surface area contributed by atoms with Crippen LogP contribution in [0.15, 0.2) is 47.8 Å². The summed E-state index contributed by atoms with van der Waals surface area (Å²) in [5, 5.41) is 20.5. The second kappa shape index (κ2) is 11.1. The van der Waals surface area contributed by atoms with Crippen molar-refractivity contribution in [1.29, 1.82) is 0 Å². The van der Waals surface area contributed by atoms with Gasteiger partial charge in [0.2, 0.25) is 5.91 Å². The number of ketones is 1. The van der Waals surface area contributed by atoms with Gasteiger partial charge in [0.15, 0.2) is 6.23 Å². The third kappa shape index (κ3) is 5.30. The fourth-order valence-corrected chi connectivity index (χ4v) is 6.48. The van der Waals surface area contributed by atoms with Gasteiger partial charge in [0.25, 0.3) is 5.91 Å². The molecule has 1 saturated heterocycles. The molecule has 0 radical (unpaired) electrons. The number of nitrogens with one attached hydrogen (secondary N) is 2. The summed E-state index contributed by atoms with van der Waals surface area (Å²) in [5.41, 5.74) is 1.96. The minimum atomic E-state index is -1.41. The summed E-state index contributed by atoms with van der Waals surface area (Å²) in [6.45, 7) is 0.583. The van der Waals surface area contributed by atoms with Gasteiger partial charge >= 0.3 is 0 Å². The monoisotopic (exact) mass is 520 g/mol. The van der Waals surface area contributed by atoms with Gasteiger partial charge in [-0.3, -0.25) is 19.7 Å². The van der Waals surface area contributed by atoms with Crippen LogP contribution in [0.25, 0.3) is 22.0 Å². The van der Waals surface area contributed by atoms with Crippen molar-refractivity contribution >= 4 is 39.7 Å². The van der Waals surface area contributed by atoms with Crippen LogP contribution in [-0.4, -0.2) is 58.5 Å². The molecular weight excluding hydrogens is 488 g/mol. The summed E-state index contributed by atoms with van der Waals surface area (Å²) in [4.78, 5) is 45.1. The predicted octanol–water partition coefficient (Wildman–Crippen LogP) is 3.41. The van der Waals surface area contributed by atoms with Crippen molar-refractivity contribution in [3.63, 3.8) is 0 Å². The fraction of sp³-hybridized carbons (Fsp3) is 0.429. The summed E-state index contributed by atoms with van der Waals surface area (Å²) in [6.07, 6.45) is 2.15. The molecule has 3 atom stereocenters. The van der Waals surface area contributed by atoms with Crippen LogP contribution in [0, 0.1) is 5.92 Å². The second-order valence-electron chi connectivity index (χ2n) is 9.84. The Labute approximate surface area is 220 Å². The Morgan fingerprint density at radius 3 is 2.65 bits per heavy atom. The number of aromatic nitrogens is 1. The van der Waals surface area contributed by atoms with E-state index in [1.807, 2.05) is 28.5 Å². The number of likely N-dealkylation sites (N-methyl/N-ethyl adjacent to an activating group) is 1. The molecule has 9 heteroatoms. The molecule has 5 rings (SSSR count). The summed E-state index contributed by atoms with van der Waals surface area (Å²) in [7, 11) is 1.48. The smallest absolute Gasteiger partial charge is 0.264 e. The van der Waals surface area contributed by atoms with Gasteiger partial charge < -0.3 is 15.3 Å². The Bertz CT molecular complexity index is 1290. The van der Waals surface area contributed by atoms with E-state index in [2.05, 4.69) is 34.9 Å². The average Bonchev–Trinajstić information content (AvgIpc) is 3.61. The molecule has 2 aliphatic rings. The Hall–Kier alpha value is -3.14. The molecule has 2 fully saturated rings. The van der Waals surface area contributed by atoms with Crippen LogP contribution in [0.3, 0.4) is 0 Å². The molecule has 1 aromatic heterocycles. The van der Waals surface area contributed by atoms with E-state index in [9.17, 15) is 19.5 Å². The summed E-state index contributed by atoms with van der Waals surface area (Å²) in [6, 6.07) is 13.5. The van der Waals surface area contributed by atoms with Crippen molar-refractivity contribution in [2.75, 3.05) is 13.6 Å². The number of carbonyl (C=O) groups excluding carboxylic acids is 3. The number of likely N-dealkylation sites (tertiary alicyclic amines) is 1. The highest BCUT2D eigenvalue weighted by molar-refractivity contribution is 7.10. The van der Waals surface area contributed by atoms with Crippen LogP contribution in [-0.2, 0) is 14.4 Å². The number of aliphatic hydroxyl groups excluding tert-OH is 1. The molecular formula is C28H32N4O4S. The molecule has 2 heterocycles. The number of nitrogens with zero attached hydrogens (tertiary/aromatic N) is 2. The zero-order valence-corrected chi connectivity index (χ0v) is 21.7. The van der Waals surface area contributed by atoms with Gasteiger partial charge in [0.1, 0.15) is 16.8 Å². The predicted molar refractivity (Wildman–Crippen MR) is 143 cm³/mol. The van der Waals surface area contributed by atoms with Crippen molar-refractivity contribution < 1.29 is 19.5 Å². The van der Waals surface area contributed by atoms with Crippen molar-refractivity contribution in [2.45, 2.75) is 56.8 Å². The molecule has 2 aromatic carbocycles. The zero-order valence-electron chi connectivity index (χ0n) is 20.9. The summed E-state index contributed by atoms with van der Waals surface area (Å²) < 4.78 is 0. The molecule has 3 aromatic rings. The number of aliphatic hydroxyl groups is 1. The lowest BCUT2D eigenvalue weighted by Gasteiger charge is -2.34. The lowest BCUT2D eigenvalue weighted by Crippen LogP contribution is -2.56. The lowest BCUT2D eigenvalue weighted by molar-refractivity contribution is -0.142. The van der Waals surface area contributed by atoms with E-state index in [4.69, 9.17) is 4.98 Å². The van der Waals surface area contributed by atoms with Crippen molar-refractivity contribution in [3.8, 4) is 11.3 Å². The minimum absolute atomic E-state index is 0.151. The van der Waals surface area contributed by atoms with Gasteiger partial charge in [0, 0.05) is 30.3 Å². The Morgan fingerprint density at radius 1 is 1.11 bits per heavy atom. The number of hydrogen-bond donors (Lipinski definition) is 3. The first kappa shape index (κ1) is 25.5. The van der Waals surface area contributed by atoms with Crippen LogP contribution in [0.2, 0.25) is 0 Å².